The van der Waals surface area contributed by atoms with Crippen LogP contribution in [-0.2, 0) is 48.6 Å². The fraction of sp³-hybridized carbons (Fsp3) is 0.583. The third-order valence-electron chi connectivity index (χ3n) is 8.16. The summed E-state index contributed by atoms with van der Waals surface area (Å²) in [5, 5.41) is 8.85. The van der Waals surface area contributed by atoms with Gasteiger partial charge in [-0.15, -0.1) is 5.06 Å². The van der Waals surface area contributed by atoms with Gasteiger partial charge in [0.05, 0.1) is 12.5 Å². The lowest BCUT2D eigenvalue weighted by atomic mass is 9.76. The first kappa shape index (κ1) is 41.6. The average Bonchev–Trinajstić information content (AvgIpc) is 3.32. The van der Waals surface area contributed by atoms with Crippen molar-refractivity contribution in [3.05, 3.63) is 47.5 Å². The summed E-state index contributed by atoms with van der Waals surface area (Å²) < 4.78 is 5.36. The average molecular weight is 700 g/mol. The number of rotatable bonds is 14. The van der Waals surface area contributed by atoms with Gasteiger partial charge in [-0.2, -0.15) is 0 Å². The maximum Gasteiger partial charge on any atom is 0.335 e. The van der Waals surface area contributed by atoms with Crippen molar-refractivity contribution in [2.24, 2.45) is 5.41 Å². The molecule has 0 aromatic heterocycles. The van der Waals surface area contributed by atoms with Gasteiger partial charge in [-0.1, -0.05) is 71.0 Å². The Balaban J connectivity index is 2.17. The number of nitrogens with zero attached hydrogens (tertiary/aromatic N) is 2. The van der Waals surface area contributed by atoms with Crippen LogP contribution in [0, 0.1) is 5.41 Å². The van der Waals surface area contributed by atoms with Gasteiger partial charge in [0, 0.05) is 37.4 Å². The largest absolute Gasteiger partial charge is 0.458 e. The molecule has 50 heavy (non-hydrogen) atoms. The first-order chi connectivity index (χ1) is 23.0. The number of hydroxylamine groups is 2. The lowest BCUT2D eigenvalue weighted by Gasteiger charge is -2.38. The van der Waals surface area contributed by atoms with Crippen molar-refractivity contribution in [3.63, 3.8) is 0 Å². The molecule has 1 aliphatic rings. The molecule has 3 atom stereocenters. The van der Waals surface area contributed by atoms with E-state index >= 15 is 0 Å². The van der Waals surface area contributed by atoms with E-state index in [2.05, 4.69) is 16.0 Å². The number of nitrogens with one attached hydrogen (secondary N) is 3. The zero-order chi connectivity index (χ0) is 38.2. The van der Waals surface area contributed by atoms with Crippen molar-refractivity contribution in [1.82, 2.24) is 25.9 Å². The van der Waals surface area contributed by atoms with E-state index in [4.69, 9.17) is 9.57 Å². The molecule has 0 aliphatic carbocycles. The van der Waals surface area contributed by atoms with Gasteiger partial charge >= 0.3 is 11.9 Å². The second kappa shape index (κ2) is 16.9. The minimum Gasteiger partial charge on any atom is -0.458 e. The van der Waals surface area contributed by atoms with Gasteiger partial charge < -0.3 is 30.4 Å². The van der Waals surface area contributed by atoms with Crippen LogP contribution >= 0.6 is 0 Å². The van der Waals surface area contributed by atoms with Crippen molar-refractivity contribution in [2.75, 3.05) is 20.6 Å². The molecular weight excluding hydrogens is 646 g/mol. The number of ether oxygens (including phenoxy) is 1. The SMILES string of the molecule is CN[C@H](C(=O)NC(C(=O)N(C)C/C=C(\C)C(=O)N[C@H](CC(=O)ON1C(=O)CCC1=O)C(=O)OC(C)(C)C)C(C)(C)C)C(C)(C)c1ccccc1. The predicted octanol–water partition coefficient (Wildman–Crippen LogP) is 2.31. The Morgan fingerprint density at radius 2 is 1.46 bits per heavy atom. The molecule has 1 unspecified atom stereocenters. The minimum absolute atomic E-state index is 0.0240. The molecule has 0 bridgehead atoms. The van der Waals surface area contributed by atoms with Gasteiger partial charge in [0.2, 0.25) is 17.7 Å². The van der Waals surface area contributed by atoms with Crippen molar-refractivity contribution in [1.29, 1.82) is 0 Å². The first-order valence-electron chi connectivity index (χ1n) is 16.5. The molecule has 1 heterocycles. The molecule has 0 radical (unpaired) electrons. The number of benzene rings is 1. The molecule has 1 fully saturated rings. The van der Waals surface area contributed by atoms with E-state index in [-0.39, 0.29) is 36.8 Å². The number of hydrogen-bond acceptors (Lipinski definition) is 10. The van der Waals surface area contributed by atoms with E-state index in [1.54, 1.807) is 34.9 Å². The van der Waals surface area contributed by atoms with Crippen LogP contribution in [0.3, 0.4) is 0 Å². The van der Waals surface area contributed by atoms with Crippen molar-refractivity contribution < 1.29 is 43.1 Å². The summed E-state index contributed by atoms with van der Waals surface area (Å²) in [6.45, 7) is 15.7. The van der Waals surface area contributed by atoms with E-state index in [1.165, 1.54) is 17.9 Å². The quantitative estimate of drug-likeness (QED) is 0.148. The van der Waals surface area contributed by atoms with E-state index in [0.29, 0.717) is 5.06 Å². The second-order valence-corrected chi connectivity index (χ2v) is 15.0. The third kappa shape index (κ3) is 11.5. The molecule has 1 aromatic carbocycles. The normalized spacial score (nSPS) is 15.9. The Labute approximate surface area is 294 Å². The second-order valence-electron chi connectivity index (χ2n) is 15.0. The maximum atomic E-state index is 13.7. The minimum atomic E-state index is -1.51. The molecule has 276 valence electrons. The highest BCUT2D eigenvalue weighted by atomic mass is 16.7. The number of amides is 5. The third-order valence-corrected chi connectivity index (χ3v) is 8.16. The highest BCUT2D eigenvalue weighted by Gasteiger charge is 2.41. The van der Waals surface area contributed by atoms with Crippen LogP contribution < -0.4 is 16.0 Å². The van der Waals surface area contributed by atoms with Crippen molar-refractivity contribution >= 4 is 41.5 Å². The molecule has 0 saturated carbocycles. The van der Waals surface area contributed by atoms with E-state index in [0.717, 1.165) is 5.56 Å². The first-order valence-corrected chi connectivity index (χ1v) is 16.5. The van der Waals surface area contributed by atoms with E-state index < -0.39 is 70.6 Å². The molecule has 14 nitrogen and oxygen atoms in total. The fourth-order valence-corrected chi connectivity index (χ4v) is 5.21. The Morgan fingerprint density at radius 1 is 0.900 bits per heavy atom. The summed E-state index contributed by atoms with van der Waals surface area (Å²) in [5.41, 5.74) is -1.17. The molecule has 14 heteroatoms. The van der Waals surface area contributed by atoms with Crippen LogP contribution in [0.1, 0.15) is 87.1 Å². The summed E-state index contributed by atoms with van der Waals surface area (Å²) in [5.74, 6) is -4.87. The monoisotopic (exact) mass is 699 g/mol. The Hall–Kier alpha value is -4.59. The van der Waals surface area contributed by atoms with Gasteiger partial charge in [-0.25, -0.2) is 9.59 Å². The lowest BCUT2D eigenvalue weighted by molar-refractivity contribution is -0.198. The van der Waals surface area contributed by atoms with Gasteiger partial charge in [-0.3, -0.25) is 24.0 Å². The molecule has 3 N–H and O–H groups in total. The van der Waals surface area contributed by atoms with E-state index in [9.17, 15) is 33.6 Å². The van der Waals surface area contributed by atoms with Gasteiger partial charge in [0.1, 0.15) is 17.7 Å². The summed E-state index contributed by atoms with van der Waals surface area (Å²) in [6, 6.07) is 6.52. The van der Waals surface area contributed by atoms with Crippen LogP contribution in [0.15, 0.2) is 42.0 Å². The Bertz CT molecular complexity index is 1460. The number of hydrogen-bond donors (Lipinski definition) is 3. The molecule has 0 spiro atoms. The number of carbonyl (C=O) groups is 7. The van der Waals surface area contributed by atoms with Gasteiger partial charge in [0.25, 0.3) is 11.8 Å². The van der Waals surface area contributed by atoms with Gasteiger partial charge in [0.15, 0.2) is 0 Å². The van der Waals surface area contributed by atoms with Crippen LogP contribution in [0.2, 0.25) is 0 Å². The van der Waals surface area contributed by atoms with Crippen LogP contribution in [0.5, 0.6) is 0 Å². The van der Waals surface area contributed by atoms with Gasteiger partial charge in [-0.05, 0) is 45.7 Å². The summed E-state index contributed by atoms with van der Waals surface area (Å²) in [7, 11) is 3.23. The highest BCUT2D eigenvalue weighted by Crippen LogP contribution is 2.28. The molecular formula is C36H53N5O9. The van der Waals surface area contributed by atoms with Crippen molar-refractivity contribution in [2.45, 2.75) is 111 Å². The Kier molecular flexibility index (Phi) is 14.0. The summed E-state index contributed by atoms with van der Waals surface area (Å²) in [6.07, 6.45) is 0.539. The fourth-order valence-electron chi connectivity index (χ4n) is 5.21. The summed E-state index contributed by atoms with van der Waals surface area (Å²) in [4.78, 5) is 96.1. The number of esters is 1. The highest BCUT2D eigenvalue weighted by molar-refractivity contribution is 6.02. The van der Waals surface area contributed by atoms with Crippen molar-refractivity contribution in [3.8, 4) is 0 Å². The zero-order valence-electron chi connectivity index (χ0n) is 31.1. The zero-order valence-corrected chi connectivity index (χ0v) is 31.1. The predicted molar refractivity (Wildman–Crippen MR) is 185 cm³/mol. The smallest absolute Gasteiger partial charge is 0.335 e. The van der Waals surface area contributed by atoms with Crippen LogP contribution in [0.25, 0.3) is 0 Å². The van der Waals surface area contributed by atoms with E-state index in [1.807, 2.05) is 65.0 Å². The number of likely N-dealkylation sites (N-methyl/N-ethyl adjacent to an activating group) is 2. The molecule has 5 amide bonds. The van der Waals surface area contributed by atoms with Crippen LogP contribution in [0.4, 0.5) is 0 Å². The standard InChI is InChI=1S/C36H53N5O9/c1-22(30(45)38-24(33(48)49-35(5,6)7)21-27(44)50-41-25(42)17-18-26(41)43)19-20-40(11)32(47)29(34(2,3)4)39-31(46)28(37-10)36(8,9)23-15-13-12-14-16-23/h12-16,19,24,28-29,37H,17-18,20-21H2,1-11H3,(H,38,45)(H,39,46)/b22-19+/t24-,28-,29?/m1/s1. The molecule has 1 aromatic rings. The number of imide groups is 1. The molecule has 1 saturated heterocycles. The molecule has 1 aliphatic heterocycles. The molecule has 2 rings (SSSR count). The van der Waals surface area contributed by atoms with Crippen LogP contribution in [-0.4, -0.2) is 95.8 Å². The number of carbonyl (C=O) groups excluding carboxylic acids is 7. The topological polar surface area (TPSA) is 181 Å². The summed E-state index contributed by atoms with van der Waals surface area (Å²) >= 11 is 0. The maximum absolute atomic E-state index is 13.7. The Morgan fingerprint density at radius 3 is 1.96 bits per heavy atom. The lowest BCUT2D eigenvalue weighted by Crippen LogP contribution is -2.60.